The Morgan fingerprint density at radius 2 is 1.70 bits per heavy atom. The number of aromatic amines is 1. The summed E-state index contributed by atoms with van der Waals surface area (Å²) in [6.07, 6.45) is 3.38. The number of hydrogen-bond donors (Lipinski definition) is 1. The van der Waals surface area contributed by atoms with Crippen molar-refractivity contribution in [3.63, 3.8) is 0 Å². The van der Waals surface area contributed by atoms with Crippen LogP contribution in [0.4, 0.5) is 0 Å². The quantitative estimate of drug-likeness (QED) is 0.351. The molecule has 0 saturated heterocycles. The fourth-order valence-corrected chi connectivity index (χ4v) is 3.56. The summed E-state index contributed by atoms with van der Waals surface area (Å²) < 4.78 is 7.03. The molecule has 5 aromatic rings. The first-order chi connectivity index (χ1) is 14.7. The van der Waals surface area contributed by atoms with Gasteiger partial charge < -0.3 is 14.1 Å². The molecule has 3 heterocycles. The number of esters is 1. The average molecular weight is 395 g/mol. The van der Waals surface area contributed by atoms with Crippen molar-refractivity contribution in [1.82, 2.24) is 14.4 Å². The highest BCUT2D eigenvalue weighted by Gasteiger charge is 2.21. The monoisotopic (exact) mass is 395 g/mol. The zero-order chi connectivity index (χ0) is 20.5. The number of nitrogens with zero attached hydrogens (tertiary/aromatic N) is 2. The van der Waals surface area contributed by atoms with Gasteiger partial charge in [-0.1, -0.05) is 54.6 Å². The molecule has 6 heteroatoms. The van der Waals surface area contributed by atoms with E-state index < -0.39 is 5.97 Å². The lowest BCUT2D eigenvalue weighted by Crippen LogP contribution is -2.15. The van der Waals surface area contributed by atoms with Crippen LogP contribution in [-0.4, -0.2) is 32.7 Å². The number of aromatic nitrogens is 3. The van der Waals surface area contributed by atoms with E-state index in [4.69, 9.17) is 4.74 Å². The number of nitrogens with one attached hydrogen (secondary N) is 1. The molecule has 3 aromatic heterocycles. The van der Waals surface area contributed by atoms with Crippen LogP contribution in [0.3, 0.4) is 0 Å². The molecule has 0 aliphatic heterocycles. The minimum absolute atomic E-state index is 0.163. The van der Waals surface area contributed by atoms with Gasteiger partial charge in [0.2, 0.25) is 5.78 Å². The molecule has 30 heavy (non-hydrogen) atoms. The molecule has 146 valence electrons. The number of carbonyl (C=O) groups excluding carboxylic acids is 2. The van der Waals surface area contributed by atoms with Crippen LogP contribution in [0.25, 0.3) is 27.8 Å². The zero-order valence-corrected chi connectivity index (χ0v) is 15.9. The van der Waals surface area contributed by atoms with Gasteiger partial charge in [0, 0.05) is 23.3 Å². The van der Waals surface area contributed by atoms with Gasteiger partial charge in [-0.25, -0.2) is 9.78 Å². The molecule has 0 atom stereocenters. The van der Waals surface area contributed by atoms with Gasteiger partial charge in [0.25, 0.3) is 0 Å². The number of fused-ring (bicyclic) bond motifs is 2. The fraction of sp³-hybridized carbons (Fsp3) is 0.0417. The minimum atomic E-state index is -0.631. The predicted molar refractivity (Wildman–Crippen MR) is 114 cm³/mol. The number of hydrogen-bond acceptors (Lipinski definition) is 4. The maximum Gasteiger partial charge on any atom is 0.359 e. The van der Waals surface area contributed by atoms with Crippen molar-refractivity contribution in [3.8, 4) is 11.3 Å². The fourth-order valence-electron chi connectivity index (χ4n) is 3.56. The third kappa shape index (κ3) is 3.14. The Balaban J connectivity index is 1.44. The molecule has 1 N–H and O–H groups in total. The number of ketones is 1. The number of pyridine rings is 1. The van der Waals surface area contributed by atoms with Crippen LogP contribution in [0, 0.1) is 0 Å². The van der Waals surface area contributed by atoms with Gasteiger partial charge in [-0.15, -0.1) is 0 Å². The molecule has 2 aromatic carbocycles. The van der Waals surface area contributed by atoms with E-state index in [2.05, 4.69) is 9.97 Å². The molecule has 0 fully saturated rings. The van der Waals surface area contributed by atoms with Crippen molar-refractivity contribution in [2.45, 2.75) is 0 Å². The summed E-state index contributed by atoms with van der Waals surface area (Å²) in [5.74, 6) is -0.906. The SMILES string of the molecule is O=C(OCC(=O)c1c(-c2ccccc2)[nH]c2ccccc12)c1cn2ccccc2n1. The lowest BCUT2D eigenvalue weighted by atomic mass is 10.0. The molecule has 0 amide bonds. The highest BCUT2D eigenvalue weighted by molar-refractivity contribution is 6.14. The largest absolute Gasteiger partial charge is 0.453 e. The highest BCUT2D eigenvalue weighted by Crippen LogP contribution is 2.30. The van der Waals surface area contributed by atoms with Gasteiger partial charge in [0.1, 0.15) is 5.65 Å². The van der Waals surface area contributed by atoms with Gasteiger partial charge in [0.15, 0.2) is 12.3 Å². The van der Waals surface area contributed by atoms with Crippen molar-refractivity contribution < 1.29 is 14.3 Å². The van der Waals surface area contributed by atoms with Crippen molar-refractivity contribution >= 4 is 28.3 Å². The lowest BCUT2D eigenvalue weighted by Gasteiger charge is -2.05. The average Bonchev–Trinajstić information content (AvgIpc) is 3.39. The van der Waals surface area contributed by atoms with Gasteiger partial charge >= 0.3 is 5.97 Å². The van der Waals surface area contributed by atoms with E-state index in [-0.39, 0.29) is 18.1 Å². The standard InChI is InChI=1S/C24H17N3O3/c28-20(15-30-24(29)19-14-27-13-7-6-12-21(27)25-19)22-17-10-4-5-11-18(17)26-23(22)16-8-2-1-3-9-16/h1-14,26H,15H2. The van der Waals surface area contributed by atoms with E-state index in [0.29, 0.717) is 16.9 Å². The van der Waals surface area contributed by atoms with E-state index in [9.17, 15) is 9.59 Å². The summed E-state index contributed by atoms with van der Waals surface area (Å²) in [5, 5.41) is 0.796. The van der Waals surface area contributed by atoms with Crippen LogP contribution >= 0.6 is 0 Å². The van der Waals surface area contributed by atoms with Gasteiger partial charge in [0.05, 0.1) is 11.3 Å². The minimum Gasteiger partial charge on any atom is -0.453 e. The molecule has 6 nitrogen and oxygen atoms in total. The first-order valence-corrected chi connectivity index (χ1v) is 9.51. The maximum absolute atomic E-state index is 13.1. The number of para-hydroxylation sites is 1. The Bertz CT molecular complexity index is 1350. The van der Waals surface area contributed by atoms with Crippen molar-refractivity contribution in [2.75, 3.05) is 6.61 Å². The van der Waals surface area contributed by atoms with Crippen molar-refractivity contribution in [1.29, 1.82) is 0 Å². The Kier molecular flexibility index (Phi) is 4.37. The maximum atomic E-state index is 13.1. The second-order valence-electron chi connectivity index (χ2n) is 6.88. The number of ether oxygens (including phenoxy) is 1. The smallest absolute Gasteiger partial charge is 0.359 e. The first-order valence-electron chi connectivity index (χ1n) is 9.51. The van der Waals surface area contributed by atoms with Crippen LogP contribution < -0.4 is 0 Å². The van der Waals surface area contributed by atoms with Crippen LogP contribution in [0.2, 0.25) is 0 Å². The predicted octanol–water partition coefficient (Wildman–Crippen LogP) is 4.52. The van der Waals surface area contributed by atoms with Crippen molar-refractivity contribution in [3.05, 3.63) is 96.4 Å². The second kappa shape index (κ2) is 7.33. The lowest BCUT2D eigenvalue weighted by molar-refractivity contribution is 0.0470. The molecule has 0 bridgehead atoms. The second-order valence-corrected chi connectivity index (χ2v) is 6.88. The van der Waals surface area contributed by atoms with Crippen molar-refractivity contribution in [2.24, 2.45) is 0 Å². The first kappa shape index (κ1) is 17.9. The third-order valence-corrected chi connectivity index (χ3v) is 4.95. The molecular weight excluding hydrogens is 378 g/mol. The number of carbonyl (C=O) groups is 2. The summed E-state index contributed by atoms with van der Waals surface area (Å²) in [4.78, 5) is 33.1. The van der Waals surface area contributed by atoms with E-state index >= 15 is 0 Å². The van der Waals surface area contributed by atoms with Crippen LogP contribution in [0.15, 0.2) is 85.2 Å². The van der Waals surface area contributed by atoms with Gasteiger partial charge in [-0.05, 0) is 23.8 Å². The Morgan fingerprint density at radius 1 is 0.933 bits per heavy atom. The molecule has 0 saturated carbocycles. The van der Waals surface area contributed by atoms with E-state index in [1.807, 2.05) is 66.7 Å². The number of rotatable bonds is 5. The highest BCUT2D eigenvalue weighted by atomic mass is 16.5. The number of Topliss-reactive ketones (excluding diaryl/α,β-unsaturated/α-hetero) is 1. The molecule has 0 aliphatic carbocycles. The Hall–Kier alpha value is -4.19. The third-order valence-electron chi connectivity index (χ3n) is 4.95. The van der Waals surface area contributed by atoms with Crippen LogP contribution in [0.5, 0.6) is 0 Å². The molecule has 0 aliphatic rings. The summed E-state index contributed by atoms with van der Waals surface area (Å²) >= 11 is 0. The van der Waals surface area contributed by atoms with Gasteiger partial charge in [-0.2, -0.15) is 0 Å². The summed E-state index contributed by atoms with van der Waals surface area (Å²) in [6.45, 7) is -0.367. The molecule has 0 radical (unpaired) electrons. The van der Waals surface area contributed by atoms with E-state index in [1.54, 1.807) is 22.9 Å². The summed E-state index contributed by atoms with van der Waals surface area (Å²) in [5.41, 5.74) is 3.77. The Labute approximate surface area is 171 Å². The van der Waals surface area contributed by atoms with Crippen LogP contribution in [0.1, 0.15) is 20.8 Å². The van der Waals surface area contributed by atoms with E-state index in [1.165, 1.54) is 0 Å². The number of imidazole rings is 1. The molecule has 0 unspecified atom stereocenters. The topological polar surface area (TPSA) is 76.5 Å². The summed E-state index contributed by atoms with van der Waals surface area (Å²) in [6, 6.07) is 22.7. The van der Waals surface area contributed by atoms with Gasteiger partial charge in [-0.3, -0.25) is 4.79 Å². The molecular formula is C24H17N3O3. The normalized spacial score (nSPS) is 11.1. The number of H-pyrrole nitrogens is 1. The van der Waals surface area contributed by atoms with Crippen LogP contribution in [-0.2, 0) is 4.74 Å². The van der Waals surface area contributed by atoms with E-state index in [0.717, 1.165) is 16.5 Å². The summed E-state index contributed by atoms with van der Waals surface area (Å²) in [7, 11) is 0. The molecule has 0 spiro atoms. The number of benzene rings is 2. The molecule has 5 rings (SSSR count). The zero-order valence-electron chi connectivity index (χ0n) is 15.9. The Morgan fingerprint density at radius 3 is 2.53 bits per heavy atom.